The minimum atomic E-state index is -0.0218. The molecule has 0 spiro atoms. The highest BCUT2D eigenvalue weighted by molar-refractivity contribution is 7.98. The zero-order chi connectivity index (χ0) is 16.5. The fourth-order valence-corrected chi connectivity index (χ4v) is 4.47. The second kappa shape index (κ2) is 6.51. The Morgan fingerprint density at radius 1 is 1.29 bits per heavy atom. The first-order valence-corrected chi connectivity index (χ1v) is 9.66. The van der Waals surface area contributed by atoms with Gasteiger partial charge in [0.1, 0.15) is 0 Å². The van der Waals surface area contributed by atoms with E-state index < -0.39 is 0 Å². The summed E-state index contributed by atoms with van der Waals surface area (Å²) in [4.78, 5) is 21.9. The maximum Gasteiger partial charge on any atom is 0.256 e. The van der Waals surface area contributed by atoms with Gasteiger partial charge in [0, 0.05) is 41.5 Å². The zero-order valence-corrected chi connectivity index (χ0v) is 14.7. The lowest BCUT2D eigenvalue weighted by Gasteiger charge is -2.32. The van der Waals surface area contributed by atoms with Crippen LogP contribution in [0.25, 0.3) is 0 Å². The minimum Gasteiger partial charge on any atom is -0.371 e. The second-order valence-electron chi connectivity index (χ2n) is 6.70. The number of aromatic nitrogens is 2. The lowest BCUT2D eigenvalue weighted by Crippen LogP contribution is -2.34. The highest BCUT2D eigenvalue weighted by Gasteiger charge is 2.18. The number of aromatic amines is 1. The van der Waals surface area contributed by atoms with Crippen molar-refractivity contribution in [1.29, 1.82) is 0 Å². The number of nitrogens with zero attached hydrogens (tertiary/aromatic N) is 2. The van der Waals surface area contributed by atoms with E-state index in [1.165, 1.54) is 18.5 Å². The second-order valence-corrected chi connectivity index (χ2v) is 7.68. The normalized spacial score (nSPS) is 20.0. The Hall–Kier alpha value is -1.95. The van der Waals surface area contributed by atoms with Gasteiger partial charge in [-0.1, -0.05) is 6.92 Å². The summed E-state index contributed by atoms with van der Waals surface area (Å²) in [7, 11) is 0. The van der Waals surface area contributed by atoms with Gasteiger partial charge in [0.2, 0.25) is 5.95 Å². The molecule has 2 N–H and O–H groups in total. The third kappa shape index (κ3) is 3.15. The number of thioether (sulfide) groups is 1. The van der Waals surface area contributed by atoms with Gasteiger partial charge >= 0.3 is 0 Å². The average Bonchev–Trinajstić information content (AvgIpc) is 3.05. The molecule has 1 fully saturated rings. The number of hydrogen-bond acceptors (Lipinski definition) is 5. The minimum absolute atomic E-state index is 0.0218. The van der Waals surface area contributed by atoms with Crippen LogP contribution in [0.1, 0.15) is 31.0 Å². The van der Waals surface area contributed by atoms with Gasteiger partial charge in [-0.15, -0.1) is 0 Å². The Bertz CT molecular complexity index is 787. The van der Waals surface area contributed by atoms with E-state index in [0.717, 1.165) is 47.5 Å². The first-order valence-electron chi connectivity index (χ1n) is 8.51. The van der Waals surface area contributed by atoms with Crippen LogP contribution in [-0.2, 0) is 11.5 Å². The lowest BCUT2D eigenvalue weighted by molar-refractivity contribution is 0.447. The van der Waals surface area contributed by atoms with Crippen molar-refractivity contribution in [2.45, 2.75) is 31.3 Å². The van der Waals surface area contributed by atoms with Gasteiger partial charge in [-0.2, -0.15) is 11.8 Å². The molecule has 2 aliphatic rings. The van der Waals surface area contributed by atoms with E-state index in [2.05, 4.69) is 51.4 Å². The van der Waals surface area contributed by atoms with E-state index in [1.54, 1.807) is 11.8 Å². The molecule has 5 nitrogen and oxygen atoms in total. The number of rotatable bonds is 3. The third-order valence-corrected chi connectivity index (χ3v) is 5.71. The van der Waals surface area contributed by atoms with Crippen LogP contribution in [-0.4, -0.2) is 23.1 Å². The van der Waals surface area contributed by atoms with Crippen molar-refractivity contribution in [2.75, 3.05) is 23.3 Å². The molecule has 6 heteroatoms. The van der Waals surface area contributed by atoms with Gasteiger partial charge in [0.15, 0.2) is 0 Å². The van der Waals surface area contributed by atoms with E-state index in [4.69, 9.17) is 0 Å². The van der Waals surface area contributed by atoms with Crippen molar-refractivity contribution in [1.82, 2.24) is 9.97 Å². The average molecular weight is 342 g/mol. The Kier molecular flexibility index (Phi) is 4.22. The van der Waals surface area contributed by atoms with Crippen LogP contribution in [0.4, 0.5) is 17.3 Å². The molecule has 3 heterocycles. The highest BCUT2D eigenvalue weighted by atomic mass is 32.2. The Morgan fingerprint density at radius 2 is 2.12 bits per heavy atom. The van der Waals surface area contributed by atoms with Crippen molar-refractivity contribution in [3.8, 4) is 0 Å². The molecular weight excluding hydrogens is 320 g/mol. The van der Waals surface area contributed by atoms with E-state index >= 15 is 0 Å². The summed E-state index contributed by atoms with van der Waals surface area (Å²) in [6.45, 7) is 4.58. The molecule has 0 radical (unpaired) electrons. The quantitative estimate of drug-likeness (QED) is 0.894. The van der Waals surface area contributed by atoms with Gasteiger partial charge in [0.05, 0.1) is 5.69 Å². The fraction of sp³-hybridized carbons (Fsp3) is 0.444. The zero-order valence-electron chi connectivity index (χ0n) is 13.8. The largest absolute Gasteiger partial charge is 0.371 e. The van der Waals surface area contributed by atoms with E-state index in [-0.39, 0.29) is 5.56 Å². The molecule has 0 aliphatic carbocycles. The molecule has 0 saturated carbocycles. The van der Waals surface area contributed by atoms with Crippen LogP contribution in [0.2, 0.25) is 0 Å². The molecule has 1 aromatic heterocycles. The molecule has 2 aromatic rings. The Morgan fingerprint density at radius 3 is 2.92 bits per heavy atom. The van der Waals surface area contributed by atoms with Gasteiger partial charge < -0.3 is 10.2 Å². The molecule has 0 amide bonds. The van der Waals surface area contributed by atoms with Crippen molar-refractivity contribution in [3.05, 3.63) is 45.9 Å². The van der Waals surface area contributed by atoms with E-state index in [0.29, 0.717) is 5.95 Å². The third-order valence-electron chi connectivity index (χ3n) is 4.74. The monoisotopic (exact) mass is 342 g/mol. The van der Waals surface area contributed by atoms with Gasteiger partial charge in [-0.05, 0) is 43.0 Å². The summed E-state index contributed by atoms with van der Waals surface area (Å²) in [6.07, 6.45) is 2.59. The summed E-state index contributed by atoms with van der Waals surface area (Å²) >= 11 is 1.73. The number of benzene rings is 1. The molecule has 126 valence electrons. The molecule has 24 heavy (non-hydrogen) atoms. The molecule has 4 rings (SSSR count). The predicted molar refractivity (Wildman–Crippen MR) is 100 cm³/mol. The maximum absolute atomic E-state index is 12.1. The smallest absolute Gasteiger partial charge is 0.256 e. The van der Waals surface area contributed by atoms with Crippen molar-refractivity contribution in [2.24, 2.45) is 5.92 Å². The number of anilines is 3. The lowest BCUT2D eigenvalue weighted by atomic mass is 10.00. The van der Waals surface area contributed by atoms with Crippen molar-refractivity contribution in [3.63, 3.8) is 0 Å². The van der Waals surface area contributed by atoms with Gasteiger partial charge in [0.25, 0.3) is 5.56 Å². The van der Waals surface area contributed by atoms with Gasteiger partial charge in [-0.3, -0.25) is 9.78 Å². The molecular formula is C18H22N4OS. The van der Waals surface area contributed by atoms with Gasteiger partial charge in [-0.25, -0.2) is 4.98 Å². The maximum atomic E-state index is 12.1. The van der Waals surface area contributed by atoms with Crippen LogP contribution in [0.15, 0.2) is 29.1 Å². The summed E-state index contributed by atoms with van der Waals surface area (Å²) in [5, 5.41) is 3.22. The first-order chi connectivity index (χ1) is 11.7. The predicted octanol–water partition coefficient (Wildman–Crippen LogP) is 3.50. The first kappa shape index (κ1) is 15.6. The van der Waals surface area contributed by atoms with Crippen LogP contribution in [0.5, 0.6) is 0 Å². The number of fused-ring (bicyclic) bond motifs is 1. The number of nitrogens with one attached hydrogen (secondary N) is 2. The molecule has 1 aromatic carbocycles. The van der Waals surface area contributed by atoms with Crippen LogP contribution >= 0.6 is 11.8 Å². The number of piperidine rings is 1. The summed E-state index contributed by atoms with van der Waals surface area (Å²) < 4.78 is 0. The topological polar surface area (TPSA) is 61.0 Å². The molecule has 1 unspecified atom stereocenters. The molecule has 1 atom stereocenters. The Labute approximate surface area is 145 Å². The SMILES string of the molecule is CC1CCCN(c2ccc(Nc3nc4c(c(=O)[nH]3)CSC4)cc2)C1. The van der Waals surface area contributed by atoms with Crippen LogP contribution < -0.4 is 15.8 Å². The molecule has 0 bridgehead atoms. The standard InChI is InChI=1S/C18H22N4OS/c1-12-3-2-8-22(9-12)14-6-4-13(5-7-14)19-18-20-16-11-24-10-15(16)17(23)21-18/h4-7,12H,2-3,8-11H2,1H3,(H2,19,20,21,23). The summed E-state index contributed by atoms with van der Waals surface area (Å²) in [5.74, 6) is 2.87. The highest BCUT2D eigenvalue weighted by Crippen LogP contribution is 2.27. The number of hydrogen-bond donors (Lipinski definition) is 2. The number of H-pyrrole nitrogens is 1. The fourth-order valence-electron chi connectivity index (χ4n) is 3.44. The van der Waals surface area contributed by atoms with Crippen LogP contribution in [0, 0.1) is 5.92 Å². The van der Waals surface area contributed by atoms with E-state index in [9.17, 15) is 4.79 Å². The van der Waals surface area contributed by atoms with Crippen LogP contribution in [0.3, 0.4) is 0 Å². The molecule has 1 saturated heterocycles. The molecule has 2 aliphatic heterocycles. The van der Waals surface area contributed by atoms with E-state index in [1.807, 2.05) is 0 Å². The van der Waals surface area contributed by atoms with Crippen molar-refractivity contribution >= 4 is 29.1 Å². The summed E-state index contributed by atoms with van der Waals surface area (Å²) in [5.41, 5.74) is 3.91. The summed E-state index contributed by atoms with van der Waals surface area (Å²) in [6, 6.07) is 8.39. The Balaban J connectivity index is 1.50. The van der Waals surface area contributed by atoms with Crippen molar-refractivity contribution < 1.29 is 0 Å².